The number of hydrogen-bond acceptors (Lipinski definition) is 1. The smallest absolute Gasteiger partial charge is 0.259 e. The second-order valence-corrected chi connectivity index (χ2v) is 4.37. The van der Waals surface area contributed by atoms with Gasteiger partial charge in [-0.25, -0.2) is 8.78 Å². The van der Waals surface area contributed by atoms with Crippen molar-refractivity contribution in [3.05, 3.63) is 35.4 Å². The van der Waals surface area contributed by atoms with Crippen LogP contribution in [-0.2, 0) is 0 Å². The van der Waals surface area contributed by atoms with Gasteiger partial charge in [-0.3, -0.25) is 4.79 Å². The second-order valence-electron chi connectivity index (χ2n) is 3.58. The lowest BCUT2D eigenvalue weighted by Gasteiger charge is -2.21. The van der Waals surface area contributed by atoms with E-state index in [1.54, 1.807) is 0 Å². The second kappa shape index (κ2) is 6.69. The molecule has 94 valence electrons. The van der Waals surface area contributed by atoms with Gasteiger partial charge in [0.05, 0.1) is 0 Å². The zero-order chi connectivity index (χ0) is 12.8. The van der Waals surface area contributed by atoms with Crippen molar-refractivity contribution in [2.45, 2.75) is 13.3 Å². The predicted molar refractivity (Wildman–Crippen MR) is 66.3 cm³/mol. The van der Waals surface area contributed by atoms with Crippen molar-refractivity contribution in [1.82, 2.24) is 4.90 Å². The molecule has 0 unspecified atom stereocenters. The third-order valence-electron chi connectivity index (χ3n) is 2.31. The largest absolute Gasteiger partial charge is 0.338 e. The lowest BCUT2D eigenvalue weighted by Crippen LogP contribution is -2.34. The summed E-state index contributed by atoms with van der Waals surface area (Å²) in [7, 11) is 0. The topological polar surface area (TPSA) is 20.3 Å². The Morgan fingerprint density at radius 2 is 1.88 bits per heavy atom. The van der Waals surface area contributed by atoms with Crippen LogP contribution in [0.3, 0.4) is 0 Å². The quantitative estimate of drug-likeness (QED) is 0.765. The van der Waals surface area contributed by atoms with Crippen LogP contribution in [-0.4, -0.2) is 29.2 Å². The molecular weight excluding hydrogens is 292 g/mol. The number of nitrogens with zero attached hydrogens (tertiary/aromatic N) is 1. The van der Waals surface area contributed by atoms with E-state index in [0.29, 0.717) is 18.4 Å². The summed E-state index contributed by atoms with van der Waals surface area (Å²) in [6, 6.07) is 3.43. The molecule has 0 atom stereocenters. The van der Waals surface area contributed by atoms with Crippen molar-refractivity contribution in [1.29, 1.82) is 0 Å². The lowest BCUT2D eigenvalue weighted by molar-refractivity contribution is 0.0756. The number of carbonyl (C=O) groups is 1. The average molecular weight is 306 g/mol. The molecule has 1 amide bonds. The van der Waals surface area contributed by atoms with Gasteiger partial charge in [-0.1, -0.05) is 28.9 Å². The van der Waals surface area contributed by atoms with E-state index in [0.717, 1.165) is 18.6 Å². The molecule has 0 N–H and O–H groups in total. The fraction of sp³-hybridized carbons (Fsp3) is 0.417. The van der Waals surface area contributed by atoms with Crippen LogP contribution in [0.4, 0.5) is 8.78 Å². The van der Waals surface area contributed by atoms with Gasteiger partial charge < -0.3 is 4.90 Å². The molecule has 0 saturated heterocycles. The highest BCUT2D eigenvalue weighted by Gasteiger charge is 2.21. The van der Waals surface area contributed by atoms with E-state index in [4.69, 9.17) is 0 Å². The third kappa shape index (κ3) is 3.49. The van der Waals surface area contributed by atoms with E-state index < -0.39 is 23.1 Å². The van der Waals surface area contributed by atoms with Gasteiger partial charge in [-0.15, -0.1) is 0 Å². The molecule has 1 aromatic carbocycles. The molecule has 0 heterocycles. The first-order valence-electron chi connectivity index (χ1n) is 5.41. The monoisotopic (exact) mass is 305 g/mol. The summed E-state index contributed by atoms with van der Waals surface area (Å²) in [4.78, 5) is 13.4. The molecule has 5 heteroatoms. The van der Waals surface area contributed by atoms with E-state index in [-0.39, 0.29) is 0 Å². The van der Waals surface area contributed by atoms with Crippen LogP contribution < -0.4 is 0 Å². The fourth-order valence-corrected chi connectivity index (χ4v) is 1.98. The van der Waals surface area contributed by atoms with E-state index in [2.05, 4.69) is 15.9 Å². The predicted octanol–water partition coefficient (Wildman–Crippen LogP) is 3.21. The van der Waals surface area contributed by atoms with Gasteiger partial charge in [0, 0.05) is 18.4 Å². The van der Waals surface area contributed by atoms with Crippen molar-refractivity contribution in [3.63, 3.8) is 0 Å². The van der Waals surface area contributed by atoms with E-state index in [1.165, 1.54) is 11.0 Å². The van der Waals surface area contributed by atoms with Gasteiger partial charge in [-0.2, -0.15) is 0 Å². The zero-order valence-electron chi connectivity index (χ0n) is 9.55. The molecule has 2 nitrogen and oxygen atoms in total. The molecule has 1 aromatic rings. The van der Waals surface area contributed by atoms with Crippen LogP contribution in [0.2, 0.25) is 0 Å². The molecule has 0 saturated carbocycles. The van der Waals surface area contributed by atoms with Crippen LogP contribution in [0, 0.1) is 11.6 Å². The first-order valence-corrected chi connectivity index (χ1v) is 6.53. The summed E-state index contributed by atoms with van der Waals surface area (Å²) in [6.45, 7) is 2.82. The molecule has 0 bridgehead atoms. The number of hydrogen-bond donors (Lipinski definition) is 0. The summed E-state index contributed by atoms with van der Waals surface area (Å²) in [6.07, 6.45) is 0.745. The van der Waals surface area contributed by atoms with E-state index in [9.17, 15) is 13.6 Å². The lowest BCUT2D eigenvalue weighted by atomic mass is 10.1. The van der Waals surface area contributed by atoms with Gasteiger partial charge in [-0.05, 0) is 18.6 Å². The highest BCUT2D eigenvalue weighted by molar-refractivity contribution is 9.09. The highest BCUT2D eigenvalue weighted by Crippen LogP contribution is 2.15. The van der Waals surface area contributed by atoms with Crippen LogP contribution in [0.25, 0.3) is 0 Å². The molecule has 0 aliphatic carbocycles. The Hall–Kier alpha value is -0.970. The minimum atomic E-state index is -0.814. The SMILES string of the molecule is CCCN(CCBr)C(=O)c1c(F)cccc1F. The van der Waals surface area contributed by atoms with Gasteiger partial charge >= 0.3 is 0 Å². The molecule has 0 radical (unpaired) electrons. The number of rotatable bonds is 5. The van der Waals surface area contributed by atoms with Crippen LogP contribution in [0.1, 0.15) is 23.7 Å². The molecule has 0 spiro atoms. The first kappa shape index (κ1) is 14.1. The number of halogens is 3. The molecule has 0 aliphatic heterocycles. The molecule has 0 fully saturated rings. The maximum atomic E-state index is 13.4. The Balaban J connectivity index is 3.00. The number of carbonyl (C=O) groups excluding carboxylic acids is 1. The van der Waals surface area contributed by atoms with Gasteiger partial charge in [0.1, 0.15) is 17.2 Å². The van der Waals surface area contributed by atoms with Crippen LogP contribution in [0.5, 0.6) is 0 Å². The summed E-state index contributed by atoms with van der Waals surface area (Å²) in [5.74, 6) is -2.22. The maximum absolute atomic E-state index is 13.4. The summed E-state index contributed by atoms with van der Waals surface area (Å²) in [5, 5.41) is 0.578. The minimum Gasteiger partial charge on any atom is -0.338 e. The Morgan fingerprint density at radius 3 is 2.35 bits per heavy atom. The van der Waals surface area contributed by atoms with Gasteiger partial charge in [0.15, 0.2) is 0 Å². The van der Waals surface area contributed by atoms with Crippen LogP contribution in [0.15, 0.2) is 18.2 Å². The first-order chi connectivity index (χ1) is 8.11. The summed E-state index contributed by atoms with van der Waals surface area (Å²) in [5.41, 5.74) is -0.470. The van der Waals surface area contributed by atoms with Crippen molar-refractivity contribution in [2.75, 3.05) is 18.4 Å². The maximum Gasteiger partial charge on any atom is 0.259 e. The van der Waals surface area contributed by atoms with E-state index >= 15 is 0 Å². The molecule has 1 rings (SSSR count). The Bertz CT molecular complexity index is 372. The number of benzene rings is 1. The number of amides is 1. The molecule has 0 aromatic heterocycles. The average Bonchev–Trinajstić information content (AvgIpc) is 2.28. The molecule has 0 aliphatic rings. The van der Waals surface area contributed by atoms with Crippen molar-refractivity contribution in [3.8, 4) is 0 Å². The van der Waals surface area contributed by atoms with Crippen molar-refractivity contribution in [2.24, 2.45) is 0 Å². The van der Waals surface area contributed by atoms with E-state index in [1.807, 2.05) is 6.92 Å². The standard InChI is InChI=1S/C12H14BrF2NO/c1-2-7-16(8-6-13)12(17)11-9(14)4-3-5-10(11)15/h3-5H,2,6-8H2,1H3. The number of alkyl halides is 1. The van der Waals surface area contributed by atoms with Crippen molar-refractivity contribution < 1.29 is 13.6 Å². The molecular formula is C12H14BrF2NO. The van der Waals surface area contributed by atoms with Crippen molar-refractivity contribution >= 4 is 21.8 Å². The highest BCUT2D eigenvalue weighted by atomic mass is 79.9. The fourth-order valence-electron chi connectivity index (χ4n) is 1.55. The summed E-state index contributed by atoms with van der Waals surface area (Å²) < 4.78 is 26.9. The van der Waals surface area contributed by atoms with Gasteiger partial charge in [0.25, 0.3) is 5.91 Å². The third-order valence-corrected chi connectivity index (χ3v) is 2.67. The Labute approximate surface area is 108 Å². The molecule has 17 heavy (non-hydrogen) atoms. The Morgan fingerprint density at radius 1 is 1.29 bits per heavy atom. The Kier molecular flexibility index (Phi) is 5.55. The summed E-state index contributed by atoms with van der Waals surface area (Å²) >= 11 is 3.22. The van der Waals surface area contributed by atoms with Gasteiger partial charge in [0.2, 0.25) is 0 Å². The van der Waals surface area contributed by atoms with Crippen LogP contribution >= 0.6 is 15.9 Å². The normalized spacial score (nSPS) is 10.4. The zero-order valence-corrected chi connectivity index (χ0v) is 11.1. The minimum absolute atomic E-state index is 0.431.